The van der Waals surface area contributed by atoms with Crippen LogP contribution in [0.4, 0.5) is 0 Å². The van der Waals surface area contributed by atoms with Crippen molar-refractivity contribution in [1.82, 2.24) is 5.32 Å². The Morgan fingerprint density at radius 3 is 2.32 bits per heavy atom. The van der Waals surface area contributed by atoms with Crippen LogP contribution < -0.4 is 5.32 Å². The van der Waals surface area contributed by atoms with Crippen molar-refractivity contribution in [3.8, 4) is 0 Å². The van der Waals surface area contributed by atoms with E-state index in [0.717, 1.165) is 5.57 Å². The first-order chi connectivity index (χ1) is 9.06. The molecule has 0 radical (unpaired) electrons. The van der Waals surface area contributed by atoms with E-state index in [2.05, 4.69) is 10.1 Å². The van der Waals surface area contributed by atoms with Gasteiger partial charge in [0.05, 0.1) is 37.8 Å². The van der Waals surface area contributed by atoms with Gasteiger partial charge in [0.25, 0.3) is 0 Å². The predicted molar refractivity (Wildman–Crippen MR) is 64.9 cm³/mol. The molecule has 1 heterocycles. The first-order valence-corrected chi connectivity index (χ1v) is 5.93. The topological polar surface area (TPSA) is 81.7 Å². The van der Waals surface area contributed by atoms with E-state index in [-0.39, 0.29) is 11.9 Å². The highest BCUT2D eigenvalue weighted by Crippen LogP contribution is 2.31. The van der Waals surface area contributed by atoms with Gasteiger partial charge in [-0.25, -0.2) is 9.59 Å². The molecule has 0 aromatic carbocycles. The lowest BCUT2D eigenvalue weighted by molar-refractivity contribution is -0.139. The molecular formula is C13H15NO5. The highest BCUT2D eigenvalue weighted by atomic mass is 16.5. The maximum absolute atomic E-state index is 11.7. The molecule has 1 unspecified atom stereocenters. The molecule has 0 bridgehead atoms. The average molecular weight is 265 g/mol. The van der Waals surface area contributed by atoms with Gasteiger partial charge < -0.3 is 14.8 Å². The Labute approximate surface area is 110 Å². The van der Waals surface area contributed by atoms with Crippen LogP contribution in [0.1, 0.15) is 19.3 Å². The molecule has 1 amide bonds. The first-order valence-electron chi connectivity index (χ1n) is 5.93. The van der Waals surface area contributed by atoms with Crippen molar-refractivity contribution in [2.45, 2.75) is 25.3 Å². The van der Waals surface area contributed by atoms with Gasteiger partial charge in [-0.15, -0.1) is 0 Å². The lowest BCUT2D eigenvalue weighted by Crippen LogP contribution is -2.50. The van der Waals surface area contributed by atoms with Crippen LogP contribution in [0.5, 0.6) is 0 Å². The van der Waals surface area contributed by atoms with Gasteiger partial charge in [-0.3, -0.25) is 4.79 Å². The van der Waals surface area contributed by atoms with Crippen molar-refractivity contribution in [3.05, 3.63) is 22.8 Å². The summed E-state index contributed by atoms with van der Waals surface area (Å²) in [6.45, 7) is 0. The number of amides is 1. The van der Waals surface area contributed by atoms with Crippen LogP contribution in [0, 0.1) is 0 Å². The highest BCUT2D eigenvalue weighted by Gasteiger charge is 2.33. The van der Waals surface area contributed by atoms with Crippen LogP contribution in [0.15, 0.2) is 22.8 Å². The van der Waals surface area contributed by atoms with Crippen molar-refractivity contribution in [2.75, 3.05) is 14.2 Å². The SMILES string of the molecule is COC(=O)C1=C(C(=O)OC)CC(C2CC(=O)N2)=CC1. The summed E-state index contributed by atoms with van der Waals surface area (Å²) in [7, 11) is 2.54. The lowest BCUT2D eigenvalue weighted by Gasteiger charge is -2.31. The molecule has 6 nitrogen and oxygen atoms in total. The summed E-state index contributed by atoms with van der Waals surface area (Å²) >= 11 is 0. The Kier molecular flexibility index (Phi) is 3.69. The molecule has 2 rings (SSSR count). The van der Waals surface area contributed by atoms with E-state index in [1.54, 1.807) is 0 Å². The van der Waals surface area contributed by atoms with Crippen molar-refractivity contribution in [3.63, 3.8) is 0 Å². The van der Waals surface area contributed by atoms with Crippen molar-refractivity contribution in [1.29, 1.82) is 0 Å². The summed E-state index contributed by atoms with van der Waals surface area (Å²) in [6, 6.07) is -0.0358. The van der Waals surface area contributed by atoms with E-state index < -0.39 is 11.9 Å². The quantitative estimate of drug-likeness (QED) is 0.449. The minimum absolute atomic E-state index is 0.00624. The molecule has 1 atom stereocenters. The molecule has 19 heavy (non-hydrogen) atoms. The number of rotatable bonds is 3. The normalized spacial score (nSPS) is 22.1. The van der Waals surface area contributed by atoms with Crippen LogP contribution in [-0.2, 0) is 23.9 Å². The molecular weight excluding hydrogens is 250 g/mol. The standard InChI is InChI=1S/C13H15NO5/c1-18-12(16)8-4-3-7(10-6-11(15)14-10)5-9(8)13(17)19-2/h3,10H,4-6H2,1-2H3,(H,14,15). The minimum atomic E-state index is -0.531. The second kappa shape index (κ2) is 5.26. The predicted octanol–water partition coefficient (Wildman–Crippen LogP) is 0.238. The number of hydrogen-bond donors (Lipinski definition) is 1. The van der Waals surface area contributed by atoms with E-state index in [9.17, 15) is 14.4 Å². The Morgan fingerprint density at radius 2 is 1.79 bits per heavy atom. The van der Waals surface area contributed by atoms with Gasteiger partial charge in [0.1, 0.15) is 0 Å². The zero-order valence-corrected chi connectivity index (χ0v) is 10.8. The number of carbonyl (C=O) groups is 3. The molecule has 1 fully saturated rings. The van der Waals surface area contributed by atoms with Gasteiger partial charge in [0.15, 0.2) is 0 Å². The monoisotopic (exact) mass is 265 g/mol. The summed E-state index contributed by atoms with van der Waals surface area (Å²) in [4.78, 5) is 34.3. The summed E-state index contributed by atoms with van der Waals surface area (Å²) in [5.74, 6) is -1.06. The molecule has 2 aliphatic rings. The second-order valence-electron chi connectivity index (χ2n) is 4.42. The maximum atomic E-state index is 11.7. The van der Waals surface area contributed by atoms with Gasteiger partial charge in [0, 0.05) is 6.42 Å². The Balaban J connectivity index is 2.19. The summed E-state index contributed by atoms with van der Waals surface area (Å²) < 4.78 is 9.36. The zero-order chi connectivity index (χ0) is 14.0. The zero-order valence-electron chi connectivity index (χ0n) is 10.8. The van der Waals surface area contributed by atoms with Crippen LogP contribution in [-0.4, -0.2) is 38.1 Å². The molecule has 0 saturated carbocycles. The first kappa shape index (κ1) is 13.3. The Bertz CT molecular complexity index is 495. The fourth-order valence-corrected chi connectivity index (χ4v) is 2.24. The van der Waals surface area contributed by atoms with E-state index in [1.165, 1.54) is 14.2 Å². The fourth-order valence-electron chi connectivity index (χ4n) is 2.24. The molecule has 1 aliphatic carbocycles. The third kappa shape index (κ3) is 2.52. The van der Waals surface area contributed by atoms with Gasteiger partial charge in [-0.2, -0.15) is 0 Å². The second-order valence-corrected chi connectivity index (χ2v) is 4.42. The molecule has 0 aromatic rings. The number of carbonyl (C=O) groups excluding carboxylic acids is 3. The van der Waals surface area contributed by atoms with Crippen LogP contribution in [0.3, 0.4) is 0 Å². The molecule has 1 aliphatic heterocycles. The molecule has 102 valence electrons. The molecule has 0 aromatic heterocycles. The molecule has 6 heteroatoms. The number of methoxy groups -OCH3 is 2. The van der Waals surface area contributed by atoms with Crippen LogP contribution in [0.25, 0.3) is 0 Å². The number of ether oxygens (including phenoxy) is 2. The van der Waals surface area contributed by atoms with Crippen molar-refractivity contribution >= 4 is 17.8 Å². The van der Waals surface area contributed by atoms with E-state index in [0.29, 0.717) is 30.4 Å². The summed E-state index contributed by atoms with van der Waals surface area (Å²) in [5, 5.41) is 2.75. The van der Waals surface area contributed by atoms with Crippen LogP contribution >= 0.6 is 0 Å². The largest absolute Gasteiger partial charge is 0.466 e. The van der Waals surface area contributed by atoms with Gasteiger partial charge in [-0.05, 0) is 12.0 Å². The molecule has 1 saturated heterocycles. The smallest absolute Gasteiger partial charge is 0.334 e. The summed E-state index contributed by atoms with van der Waals surface area (Å²) in [5.41, 5.74) is 1.57. The van der Waals surface area contributed by atoms with Gasteiger partial charge in [0.2, 0.25) is 5.91 Å². The minimum Gasteiger partial charge on any atom is -0.466 e. The Hall–Kier alpha value is -2.11. The number of nitrogens with one attached hydrogen (secondary N) is 1. The third-order valence-electron chi connectivity index (χ3n) is 3.35. The maximum Gasteiger partial charge on any atom is 0.334 e. The van der Waals surface area contributed by atoms with E-state index in [4.69, 9.17) is 4.74 Å². The van der Waals surface area contributed by atoms with Crippen LogP contribution in [0.2, 0.25) is 0 Å². The van der Waals surface area contributed by atoms with Gasteiger partial charge >= 0.3 is 11.9 Å². The fraction of sp³-hybridized carbons (Fsp3) is 0.462. The highest BCUT2D eigenvalue weighted by molar-refractivity contribution is 6.01. The number of esters is 2. The van der Waals surface area contributed by atoms with Crippen molar-refractivity contribution in [2.24, 2.45) is 0 Å². The summed E-state index contributed by atoms with van der Waals surface area (Å²) in [6.07, 6.45) is 2.91. The number of β-lactam (4-membered cyclic amide) rings is 1. The van der Waals surface area contributed by atoms with Crippen molar-refractivity contribution < 1.29 is 23.9 Å². The Morgan fingerprint density at radius 1 is 1.21 bits per heavy atom. The van der Waals surface area contributed by atoms with Gasteiger partial charge in [-0.1, -0.05) is 6.08 Å². The number of allylic oxidation sites excluding steroid dienone is 1. The third-order valence-corrected chi connectivity index (χ3v) is 3.35. The average Bonchev–Trinajstić information content (AvgIpc) is 2.41. The molecule has 0 spiro atoms. The lowest BCUT2D eigenvalue weighted by atomic mass is 9.84. The van der Waals surface area contributed by atoms with E-state index >= 15 is 0 Å². The van der Waals surface area contributed by atoms with E-state index in [1.807, 2.05) is 6.08 Å². The number of hydrogen-bond acceptors (Lipinski definition) is 5. The molecule has 1 N–H and O–H groups in total.